The molecule has 6 heteroatoms. The van der Waals surface area contributed by atoms with E-state index < -0.39 is 12.0 Å². The molecule has 0 amide bonds. The van der Waals surface area contributed by atoms with Gasteiger partial charge in [0.05, 0.1) is 12.6 Å². The van der Waals surface area contributed by atoms with Gasteiger partial charge in [0.15, 0.2) is 0 Å². The van der Waals surface area contributed by atoms with Crippen LogP contribution >= 0.6 is 22.9 Å². The van der Waals surface area contributed by atoms with Gasteiger partial charge in [-0.3, -0.25) is 9.69 Å². The van der Waals surface area contributed by atoms with Crippen molar-refractivity contribution in [3.63, 3.8) is 0 Å². The summed E-state index contributed by atoms with van der Waals surface area (Å²) in [4.78, 5) is 15.0. The molecule has 1 aliphatic heterocycles. The number of thiophene rings is 1. The van der Waals surface area contributed by atoms with Gasteiger partial charge in [0.2, 0.25) is 0 Å². The van der Waals surface area contributed by atoms with Crippen molar-refractivity contribution in [1.29, 1.82) is 0 Å². The van der Waals surface area contributed by atoms with Gasteiger partial charge in [-0.15, -0.1) is 11.3 Å². The number of likely N-dealkylation sites (tertiary alicyclic amines) is 1. The van der Waals surface area contributed by atoms with Crippen molar-refractivity contribution in [2.24, 2.45) is 0 Å². The molecule has 3 rings (SSSR count). The predicted octanol–water partition coefficient (Wildman–Crippen LogP) is 4.75. The van der Waals surface area contributed by atoms with E-state index in [4.69, 9.17) is 16.3 Å². The first kappa shape index (κ1) is 18.2. The molecular weight excluding hydrogens is 358 g/mol. The third-order valence-corrected chi connectivity index (χ3v) is 5.84. The van der Waals surface area contributed by atoms with Crippen LogP contribution in [0.5, 0.6) is 5.75 Å². The van der Waals surface area contributed by atoms with Gasteiger partial charge in [0.25, 0.3) is 0 Å². The molecule has 1 fully saturated rings. The van der Waals surface area contributed by atoms with Crippen LogP contribution in [0.3, 0.4) is 0 Å². The topological polar surface area (TPSA) is 49.8 Å². The maximum Gasteiger partial charge on any atom is 0.320 e. The minimum Gasteiger partial charge on any atom is -0.494 e. The summed E-state index contributed by atoms with van der Waals surface area (Å²) in [6.07, 6.45) is 1.54. The fraction of sp³-hybridized carbons (Fsp3) is 0.421. The molecule has 4 nitrogen and oxygen atoms in total. The standard InChI is InChI=1S/C19H22ClNO3S/c1-3-24-16-7-6-13(20)10-14(16)18(17-9-12(2)11-25-17)21-8-4-5-15(21)19(22)23/h6-7,9-11,15,18H,3-5,8H2,1-2H3,(H,22,23). The Bertz CT molecular complexity index is 761. The van der Waals surface area contributed by atoms with Crippen molar-refractivity contribution in [1.82, 2.24) is 4.90 Å². The van der Waals surface area contributed by atoms with Gasteiger partial charge in [0, 0.05) is 22.0 Å². The molecule has 134 valence electrons. The Morgan fingerprint density at radius 1 is 1.48 bits per heavy atom. The van der Waals surface area contributed by atoms with Crippen LogP contribution in [-0.2, 0) is 4.79 Å². The van der Waals surface area contributed by atoms with Crippen LogP contribution < -0.4 is 4.74 Å². The molecule has 0 bridgehead atoms. The van der Waals surface area contributed by atoms with Crippen LogP contribution in [-0.4, -0.2) is 35.2 Å². The Kier molecular flexibility index (Phi) is 5.67. The molecule has 2 unspecified atom stereocenters. The SMILES string of the molecule is CCOc1ccc(Cl)cc1C(c1cc(C)cs1)N1CCCC1C(=O)O. The zero-order valence-corrected chi connectivity index (χ0v) is 15.9. The maximum atomic E-state index is 11.8. The molecule has 1 N–H and O–H groups in total. The van der Waals surface area contributed by atoms with E-state index in [9.17, 15) is 9.90 Å². The molecule has 1 aliphatic rings. The molecule has 2 atom stereocenters. The van der Waals surface area contributed by atoms with Gasteiger partial charge < -0.3 is 9.84 Å². The van der Waals surface area contributed by atoms with Crippen LogP contribution in [0.4, 0.5) is 0 Å². The summed E-state index contributed by atoms with van der Waals surface area (Å²) in [5.74, 6) is -0.00485. The molecule has 1 aromatic heterocycles. The Morgan fingerprint density at radius 2 is 2.28 bits per heavy atom. The lowest BCUT2D eigenvalue weighted by atomic mass is 10.0. The monoisotopic (exact) mass is 379 g/mol. The smallest absolute Gasteiger partial charge is 0.320 e. The van der Waals surface area contributed by atoms with Gasteiger partial charge in [0.1, 0.15) is 11.8 Å². The fourth-order valence-electron chi connectivity index (χ4n) is 3.48. The predicted molar refractivity (Wildman–Crippen MR) is 101 cm³/mol. The van der Waals surface area contributed by atoms with Crippen LogP contribution in [0, 0.1) is 6.92 Å². The highest BCUT2D eigenvalue weighted by atomic mass is 35.5. The van der Waals surface area contributed by atoms with Crippen molar-refractivity contribution < 1.29 is 14.6 Å². The van der Waals surface area contributed by atoms with Crippen LogP contribution in [0.25, 0.3) is 0 Å². The fourth-order valence-corrected chi connectivity index (χ4v) is 4.69. The first-order chi connectivity index (χ1) is 12.0. The molecule has 25 heavy (non-hydrogen) atoms. The van der Waals surface area contributed by atoms with E-state index in [0.717, 1.165) is 29.2 Å². The van der Waals surface area contributed by atoms with Crippen LogP contribution in [0.15, 0.2) is 29.6 Å². The van der Waals surface area contributed by atoms with Crippen LogP contribution in [0.1, 0.15) is 41.8 Å². The van der Waals surface area contributed by atoms with E-state index in [0.29, 0.717) is 18.1 Å². The van der Waals surface area contributed by atoms with Crippen molar-refractivity contribution in [3.05, 3.63) is 50.7 Å². The number of carboxylic acids is 1. The van der Waals surface area contributed by atoms with Gasteiger partial charge in [-0.05, 0) is 61.9 Å². The number of aliphatic carboxylic acids is 1. The number of nitrogens with zero attached hydrogens (tertiary/aromatic N) is 1. The lowest BCUT2D eigenvalue weighted by Crippen LogP contribution is -2.39. The summed E-state index contributed by atoms with van der Waals surface area (Å²) in [5, 5.41) is 12.4. The van der Waals surface area contributed by atoms with E-state index in [1.807, 2.05) is 25.1 Å². The van der Waals surface area contributed by atoms with Crippen molar-refractivity contribution in [2.75, 3.05) is 13.2 Å². The number of aryl methyl sites for hydroxylation is 1. The average Bonchev–Trinajstić information content (AvgIpc) is 3.20. The zero-order valence-electron chi connectivity index (χ0n) is 14.4. The van der Waals surface area contributed by atoms with E-state index >= 15 is 0 Å². The number of halogens is 1. The van der Waals surface area contributed by atoms with Crippen molar-refractivity contribution in [2.45, 2.75) is 38.8 Å². The third kappa shape index (κ3) is 3.84. The highest BCUT2D eigenvalue weighted by Crippen LogP contribution is 2.42. The lowest BCUT2D eigenvalue weighted by molar-refractivity contribution is -0.142. The van der Waals surface area contributed by atoms with Gasteiger partial charge in [-0.1, -0.05) is 11.6 Å². The number of carbonyl (C=O) groups is 1. The highest BCUT2D eigenvalue weighted by Gasteiger charge is 2.38. The number of carboxylic acid groups (broad SMARTS) is 1. The molecule has 0 radical (unpaired) electrons. The molecule has 0 spiro atoms. The van der Waals surface area contributed by atoms with E-state index in [2.05, 4.69) is 23.3 Å². The summed E-state index contributed by atoms with van der Waals surface area (Å²) in [5.41, 5.74) is 2.11. The third-order valence-electron chi connectivity index (χ3n) is 4.50. The molecule has 2 heterocycles. The summed E-state index contributed by atoms with van der Waals surface area (Å²) >= 11 is 7.92. The normalized spacial score (nSPS) is 19.1. The first-order valence-corrected chi connectivity index (χ1v) is 9.73. The first-order valence-electron chi connectivity index (χ1n) is 8.47. The number of hydrogen-bond donors (Lipinski definition) is 1. The second-order valence-electron chi connectivity index (χ2n) is 6.28. The van der Waals surface area contributed by atoms with Gasteiger partial charge in [-0.25, -0.2) is 0 Å². The van der Waals surface area contributed by atoms with Crippen molar-refractivity contribution in [3.8, 4) is 5.75 Å². The lowest BCUT2D eigenvalue weighted by Gasteiger charge is -2.32. The van der Waals surface area contributed by atoms with E-state index in [1.54, 1.807) is 11.3 Å². The van der Waals surface area contributed by atoms with Crippen molar-refractivity contribution >= 4 is 28.9 Å². The second kappa shape index (κ2) is 7.77. The number of rotatable bonds is 6. The molecule has 1 saturated heterocycles. The number of ether oxygens (including phenoxy) is 1. The quantitative estimate of drug-likeness (QED) is 0.787. The Balaban J connectivity index is 2.12. The highest BCUT2D eigenvalue weighted by molar-refractivity contribution is 7.10. The van der Waals surface area contributed by atoms with E-state index in [1.165, 1.54) is 5.56 Å². The molecular formula is C19H22ClNO3S. The largest absolute Gasteiger partial charge is 0.494 e. The minimum absolute atomic E-state index is 0.164. The Labute approximate surface area is 157 Å². The summed E-state index contributed by atoms with van der Waals surface area (Å²) in [6.45, 7) is 5.29. The summed E-state index contributed by atoms with van der Waals surface area (Å²) < 4.78 is 5.83. The number of hydrogen-bond acceptors (Lipinski definition) is 4. The number of benzene rings is 1. The van der Waals surface area contributed by atoms with E-state index in [-0.39, 0.29) is 6.04 Å². The van der Waals surface area contributed by atoms with Gasteiger partial charge in [-0.2, -0.15) is 0 Å². The maximum absolute atomic E-state index is 11.8. The summed E-state index contributed by atoms with van der Waals surface area (Å²) in [7, 11) is 0. The molecule has 0 aliphatic carbocycles. The second-order valence-corrected chi connectivity index (χ2v) is 7.66. The van der Waals surface area contributed by atoms with Crippen LogP contribution in [0.2, 0.25) is 5.02 Å². The molecule has 2 aromatic rings. The Hall–Kier alpha value is -1.56. The summed E-state index contributed by atoms with van der Waals surface area (Å²) in [6, 6.07) is 7.07. The minimum atomic E-state index is -0.768. The molecule has 0 saturated carbocycles. The Morgan fingerprint density at radius 3 is 2.92 bits per heavy atom. The zero-order chi connectivity index (χ0) is 18.0. The van der Waals surface area contributed by atoms with Gasteiger partial charge >= 0.3 is 5.97 Å². The molecule has 1 aromatic carbocycles. The average molecular weight is 380 g/mol.